The van der Waals surface area contributed by atoms with Crippen molar-refractivity contribution in [3.8, 4) is 6.07 Å². The number of aryl methyl sites for hydroxylation is 1. The molecule has 1 unspecified atom stereocenters. The van der Waals surface area contributed by atoms with Gasteiger partial charge in [0.15, 0.2) is 5.78 Å². The largest absolute Gasteiger partial charge is 0.292 e. The Hall–Kier alpha value is -2.25. The van der Waals surface area contributed by atoms with Gasteiger partial charge in [-0.25, -0.2) is 8.78 Å². The van der Waals surface area contributed by atoms with Crippen molar-refractivity contribution in [3.05, 3.63) is 69.7 Å². The Labute approximate surface area is 125 Å². The Morgan fingerprint density at radius 2 is 1.81 bits per heavy atom. The number of hydrogen-bond acceptors (Lipinski definition) is 2. The maximum absolute atomic E-state index is 13.2. The van der Waals surface area contributed by atoms with Crippen molar-refractivity contribution in [2.45, 2.75) is 12.8 Å². The van der Waals surface area contributed by atoms with Crippen LogP contribution in [0.1, 0.15) is 27.4 Å². The fourth-order valence-corrected chi connectivity index (χ4v) is 2.33. The molecular weight excluding hydrogens is 296 g/mol. The van der Waals surface area contributed by atoms with Crippen LogP contribution >= 0.6 is 11.6 Å². The van der Waals surface area contributed by atoms with Crippen LogP contribution in [0.5, 0.6) is 0 Å². The average molecular weight is 306 g/mol. The summed E-state index contributed by atoms with van der Waals surface area (Å²) in [6.07, 6.45) is 0. The van der Waals surface area contributed by atoms with E-state index in [0.717, 1.165) is 17.7 Å². The van der Waals surface area contributed by atoms with Gasteiger partial charge in [0.05, 0.1) is 11.1 Å². The smallest absolute Gasteiger partial charge is 0.185 e. The van der Waals surface area contributed by atoms with Gasteiger partial charge in [-0.05, 0) is 42.3 Å². The highest BCUT2D eigenvalue weighted by atomic mass is 35.5. The van der Waals surface area contributed by atoms with Gasteiger partial charge >= 0.3 is 0 Å². The molecule has 0 aromatic heterocycles. The van der Waals surface area contributed by atoms with E-state index in [1.165, 1.54) is 6.07 Å². The van der Waals surface area contributed by atoms with Crippen LogP contribution in [-0.2, 0) is 0 Å². The first-order valence-electron chi connectivity index (χ1n) is 6.08. The average Bonchev–Trinajstić information content (AvgIpc) is 2.38. The summed E-state index contributed by atoms with van der Waals surface area (Å²) in [5.74, 6) is -3.58. The first kappa shape index (κ1) is 15.1. The quantitative estimate of drug-likeness (QED) is 0.788. The highest BCUT2D eigenvalue weighted by Crippen LogP contribution is 2.26. The van der Waals surface area contributed by atoms with E-state index in [2.05, 4.69) is 0 Å². The molecule has 2 aromatic rings. The van der Waals surface area contributed by atoms with Crippen LogP contribution in [0.4, 0.5) is 8.78 Å². The Balaban J connectivity index is 2.46. The fourth-order valence-electron chi connectivity index (χ4n) is 2.00. The maximum Gasteiger partial charge on any atom is 0.185 e. The molecule has 0 N–H and O–H groups in total. The van der Waals surface area contributed by atoms with E-state index in [1.54, 1.807) is 18.2 Å². The van der Waals surface area contributed by atoms with Gasteiger partial charge in [-0.15, -0.1) is 0 Å². The molecular formula is C16H10ClF2NO. The second-order valence-corrected chi connectivity index (χ2v) is 5.02. The summed E-state index contributed by atoms with van der Waals surface area (Å²) >= 11 is 6.00. The van der Waals surface area contributed by atoms with Crippen molar-refractivity contribution in [2.75, 3.05) is 0 Å². The normalized spacial score (nSPS) is 11.8. The summed E-state index contributed by atoms with van der Waals surface area (Å²) in [5, 5.41) is 9.39. The molecule has 5 heteroatoms. The van der Waals surface area contributed by atoms with Crippen LogP contribution in [0.15, 0.2) is 36.4 Å². The zero-order valence-corrected chi connectivity index (χ0v) is 11.8. The van der Waals surface area contributed by atoms with Gasteiger partial charge in [0.2, 0.25) is 0 Å². The van der Waals surface area contributed by atoms with Crippen LogP contribution in [0.3, 0.4) is 0 Å². The van der Waals surface area contributed by atoms with Crippen LogP contribution in [0.25, 0.3) is 0 Å². The third kappa shape index (κ3) is 3.26. The second-order valence-electron chi connectivity index (χ2n) is 4.61. The number of benzene rings is 2. The molecule has 0 saturated heterocycles. The highest BCUT2D eigenvalue weighted by Gasteiger charge is 2.24. The number of carbonyl (C=O) groups is 1. The third-order valence-corrected chi connectivity index (χ3v) is 3.31. The summed E-state index contributed by atoms with van der Waals surface area (Å²) in [7, 11) is 0. The number of carbonyl (C=O) groups excluding carboxylic acids is 1. The number of nitrogens with zero attached hydrogens (tertiary/aromatic N) is 1. The van der Waals surface area contributed by atoms with Crippen molar-refractivity contribution in [1.29, 1.82) is 5.26 Å². The van der Waals surface area contributed by atoms with Gasteiger partial charge in [0.25, 0.3) is 0 Å². The lowest BCUT2D eigenvalue weighted by Gasteiger charge is -2.11. The van der Waals surface area contributed by atoms with E-state index in [9.17, 15) is 18.8 Å². The minimum absolute atomic E-state index is 0.0309. The molecule has 2 aromatic carbocycles. The molecule has 0 bridgehead atoms. The standard InChI is InChI=1S/C16H10ClF2NO/c1-9-2-3-13(15(17)4-9)16(21)14(8-20)10-5-11(18)7-12(19)6-10/h2-7,14H,1H3. The van der Waals surface area contributed by atoms with Crippen LogP contribution in [0, 0.1) is 29.9 Å². The van der Waals surface area contributed by atoms with Gasteiger partial charge in [0, 0.05) is 11.6 Å². The molecule has 0 amide bonds. The van der Waals surface area contributed by atoms with Crippen LogP contribution in [0.2, 0.25) is 5.02 Å². The predicted molar refractivity (Wildman–Crippen MR) is 75.2 cm³/mol. The molecule has 0 aliphatic heterocycles. The molecule has 106 valence electrons. The van der Waals surface area contributed by atoms with Crippen LogP contribution < -0.4 is 0 Å². The van der Waals surface area contributed by atoms with Gasteiger partial charge in [-0.2, -0.15) is 5.26 Å². The number of Topliss-reactive ketones (excluding diaryl/α,β-unsaturated/α-hetero) is 1. The molecule has 0 spiro atoms. The fraction of sp³-hybridized carbons (Fsp3) is 0.125. The number of ketones is 1. The van der Waals surface area contributed by atoms with E-state index < -0.39 is 23.3 Å². The van der Waals surface area contributed by atoms with E-state index in [0.29, 0.717) is 6.07 Å². The Kier molecular flexibility index (Phi) is 4.35. The van der Waals surface area contributed by atoms with Crippen LogP contribution in [-0.4, -0.2) is 5.78 Å². The summed E-state index contributed by atoms with van der Waals surface area (Å²) in [4.78, 5) is 12.4. The molecule has 2 nitrogen and oxygen atoms in total. The molecule has 21 heavy (non-hydrogen) atoms. The lowest BCUT2D eigenvalue weighted by atomic mass is 9.91. The SMILES string of the molecule is Cc1ccc(C(=O)C(C#N)c2cc(F)cc(F)c2)c(Cl)c1. The van der Waals surface area contributed by atoms with Crippen molar-refractivity contribution >= 4 is 17.4 Å². The van der Waals surface area contributed by atoms with Gasteiger partial charge in [0.1, 0.15) is 17.6 Å². The second kappa shape index (κ2) is 6.02. The molecule has 0 aliphatic carbocycles. The summed E-state index contributed by atoms with van der Waals surface area (Å²) in [6.45, 7) is 1.81. The lowest BCUT2D eigenvalue weighted by molar-refractivity contribution is 0.0979. The van der Waals surface area contributed by atoms with Gasteiger partial charge < -0.3 is 0 Å². The number of nitriles is 1. The number of rotatable bonds is 3. The third-order valence-electron chi connectivity index (χ3n) is 3.00. The van der Waals surface area contributed by atoms with E-state index >= 15 is 0 Å². The van der Waals surface area contributed by atoms with E-state index in [1.807, 2.05) is 6.92 Å². The Morgan fingerprint density at radius 3 is 2.33 bits per heavy atom. The minimum Gasteiger partial charge on any atom is -0.292 e. The monoisotopic (exact) mass is 305 g/mol. The van der Waals surface area contributed by atoms with Gasteiger partial charge in [-0.1, -0.05) is 17.7 Å². The summed E-state index contributed by atoms with van der Waals surface area (Å²) in [6, 6.07) is 9.16. The molecule has 0 fully saturated rings. The number of halogens is 3. The maximum atomic E-state index is 13.2. The van der Waals surface area contributed by atoms with Crippen molar-refractivity contribution < 1.29 is 13.6 Å². The molecule has 0 radical (unpaired) electrons. The first-order chi connectivity index (χ1) is 9.92. The zero-order valence-electron chi connectivity index (χ0n) is 11.0. The van der Waals surface area contributed by atoms with Crippen molar-refractivity contribution in [1.82, 2.24) is 0 Å². The molecule has 0 saturated carbocycles. The molecule has 1 atom stereocenters. The zero-order chi connectivity index (χ0) is 15.6. The predicted octanol–water partition coefficient (Wildman–Crippen LogP) is 4.42. The topological polar surface area (TPSA) is 40.9 Å². The number of hydrogen-bond donors (Lipinski definition) is 0. The summed E-state index contributed by atoms with van der Waals surface area (Å²) in [5.41, 5.74) is 0.983. The summed E-state index contributed by atoms with van der Waals surface area (Å²) < 4.78 is 26.5. The van der Waals surface area contributed by atoms with E-state index in [4.69, 9.17) is 11.6 Å². The van der Waals surface area contributed by atoms with Gasteiger partial charge in [-0.3, -0.25) is 4.79 Å². The van der Waals surface area contributed by atoms with Crippen molar-refractivity contribution in [2.24, 2.45) is 0 Å². The van der Waals surface area contributed by atoms with Crippen molar-refractivity contribution in [3.63, 3.8) is 0 Å². The Morgan fingerprint density at radius 1 is 1.19 bits per heavy atom. The Bertz CT molecular complexity index is 732. The first-order valence-corrected chi connectivity index (χ1v) is 6.46. The molecule has 0 heterocycles. The van der Waals surface area contributed by atoms with E-state index in [-0.39, 0.29) is 16.1 Å². The lowest BCUT2D eigenvalue weighted by Crippen LogP contribution is -2.12. The minimum atomic E-state index is -1.31. The highest BCUT2D eigenvalue weighted by molar-refractivity contribution is 6.34. The molecule has 2 rings (SSSR count). The molecule has 0 aliphatic rings.